The van der Waals surface area contributed by atoms with Crippen molar-refractivity contribution in [2.75, 3.05) is 0 Å². The Bertz CT molecular complexity index is 1220. The zero-order valence-corrected chi connectivity index (χ0v) is 18.4. The second-order valence-corrected chi connectivity index (χ2v) is 8.20. The molecule has 31 heavy (non-hydrogen) atoms. The first-order valence-electron chi connectivity index (χ1n) is 9.45. The van der Waals surface area contributed by atoms with Crippen molar-refractivity contribution < 1.29 is 28.6 Å². The van der Waals surface area contributed by atoms with Crippen LogP contribution in [0.25, 0.3) is 10.9 Å². The first kappa shape index (κ1) is 23.0. The Labute approximate surface area is 186 Å². The lowest BCUT2D eigenvalue weighted by molar-refractivity contribution is -0.140. The van der Waals surface area contributed by atoms with Crippen LogP contribution < -0.4 is 0 Å². The lowest BCUT2D eigenvalue weighted by Crippen LogP contribution is -2.21. The van der Waals surface area contributed by atoms with Crippen LogP contribution >= 0.6 is 23.2 Å². The van der Waals surface area contributed by atoms with E-state index in [-0.39, 0.29) is 37.8 Å². The number of carboxylic acid groups (broad SMARTS) is 1. The number of aromatic nitrogens is 1. The number of carbonyl (C=O) groups excluding carboxylic acids is 1. The zero-order chi connectivity index (χ0) is 23.2. The summed E-state index contributed by atoms with van der Waals surface area (Å²) in [5, 5.41) is 19.7. The highest BCUT2D eigenvalue weighted by Crippen LogP contribution is 2.41. The highest BCUT2D eigenvalue weighted by Gasteiger charge is 2.35. The molecule has 0 aliphatic heterocycles. The number of rotatable bonds is 5. The van der Waals surface area contributed by atoms with Crippen molar-refractivity contribution in [3.8, 4) is 5.75 Å². The van der Waals surface area contributed by atoms with Crippen LogP contribution in [0.2, 0.25) is 10.0 Å². The van der Waals surface area contributed by atoms with Gasteiger partial charge in [0, 0.05) is 22.7 Å². The van der Waals surface area contributed by atoms with Crippen molar-refractivity contribution in [3.05, 3.63) is 62.8 Å². The number of aliphatic carboxylic acids is 1. The molecule has 5 nitrogen and oxygen atoms in total. The first-order chi connectivity index (χ1) is 14.5. The molecule has 0 aliphatic rings. The fourth-order valence-corrected chi connectivity index (χ4v) is 4.10. The van der Waals surface area contributed by atoms with Gasteiger partial charge in [-0.2, -0.15) is 0 Å². The average Bonchev–Trinajstić information content (AvgIpc) is 2.99. The SMILES string of the molecule is CCC(C)[C@H](C(=O)O)c1c(C)n(C(=O)c2ccc(Cl)c(Cl)c2)c2cc(F)c(O)c(F)c12. The molecule has 0 saturated heterocycles. The fraction of sp³-hybridized carbons (Fsp3) is 0.273. The molecule has 1 aromatic heterocycles. The Hall–Kier alpha value is -2.64. The van der Waals surface area contributed by atoms with E-state index in [0.29, 0.717) is 6.42 Å². The summed E-state index contributed by atoms with van der Waals surface area (Å²) in [6.45, 7) is 4.92. The second kappa shape index (κ2) is 8.48. The van der Waals surface area contributed by atoms with Crippen LogP contribution in [-0.4, -0.2) is 26.7 Å². The van der Waals surface area contributed by atoms with E-state index in [1.54, 1.807) is 13.8 Å². The average molecular weight is 470 g/mol. The maximum atomic E-state index is 15.0. The second-order valence-electron chi connectivity index (χ2n) is 7.39. The van der Waals surface area contributed by atoms with E-state index < -0.39 is 41.1 Å². The first-order valence-corrected chi connectivity index (χ1v) is 10.2. The molecule has 164 valence electrons. The van der Waals surface area contributed by atoms with Gasteiger partial charge in [-0.15, -0.1) is 0 Å². The lowest BCUT2D eigenvalue weighted by atomic mass is 9.84. The molecule has 0 spiro atoms. The molecule has 1 unspecified atom stereocenters. The summed E-state index contributed by atoms with van der Waals surface area (Å²) >= 11 is 11.9. The summed E-state index contributed by atoms with van der Waals surface area (Å²) in [5.41, 5.74) is 0.0388. The Kier molecular flexibility index (Phi) is 6.30. The van der Waals surface area contributed by atoms with Gasteiger partial charge in [-0.05, 0) is 36.6 Å². The predicted molar refractivity (Wildman–Crippen MR) is 114 cm³/mol. The van der Waals surface area contributed by atoms with Crippen molar-refractivity contribution in [2.45, 2.75) is 33.1 Å². The molecule has 2 aromatic carbocycles. The maximum absolute atomic E-state index is 15.0. The number of phenolic OH excluding ortho intramolecular Hbond substituents is 1. The van der Waals surface area contributed by atoms with E-state index in [1.165, 1.54) is 25.1 Å². The summed E-state index contributed by atoms with van der Waals surface area (Å²) < 4.78 is 30.3. The number of halogens is 4. The molecule has 3 aromatic rings. The quantitative estimate of drug-likeness (QED) is 0.469. The smallest absolute Gasteiger partial charge is 0.311 e. The van der Waals surface area contributed by atoms with Gasteiger partial charge in [0.05, 0.1) is 21.5 Å². The van der Waals surface area contributed by atoms with Gasteiger partial charge in [0.1, 0.15) is 0 Å². The number of carbonyl (C=O) groups is 2. The number of benzene rings is 2. The predicted octanol–water partition coefficient (Wildman–Crippen LogP) is 6.14. The highest BCUT2D eigenvalue weighted by atomic mass is 35.5. The summed E-state index contributed by atoms with van der Waals surface area (Å²) in [7, 11) is 0. The third-order valence-electron chi connectivity index (χ3n) is 5.57. The molecule has 0 radical (unpaired) electrons. The van der Waals surface area contributed by atoms with Crippen molar-refractivity contribution in [1.29, 1.82) is 0 Å². The summed E-state index contributed by atoms with van der Waals surface area (Å²) in [5.74, 6) is -7.33. The largest absolute Gasteiger partial charge is 0.503 e. The fourth-order valence-electron chi connectivity index (χ4n) is 3.80. The molecule has 0 bridgehead atoms. The van der Waals surface area contributed by atoms with E-state index in [1.807, 2.05) is 0 Å². The summed E-state index contributed by atoms with van der Waals surface area (Å²) in [6, 6.07) is 4.94. The van der Waals surface area contributed by atoms with Crippen LogP contribution in [0.1, 0.15) is 47.8 Å². The summed E-state index contributed by atoms with van der Waals surface area (Å²) in [4.78, 5) is 25.4. The van der Waals surface area contributed by atoms with Crippen molar-refractivity contribution in [2.24, 2.45) is 5.92 Å². The number of hydrogen-bond acceptors (Lipinski definition) is 3. The Morgan fingerprint density at radius 3 is 2.35 bits per heavy atom. The Morgan fingerprint density at radius 2 is 1.81 bits per heavy atom. The van der Waals surface area contributed by atoms with E-state index in [9.17, 15) is 24.2 Å². The Balaban J connectivity index is 2.42. The molecular weight excluding hydrogens is 451 g/mol. The standard InChI is InChI=1S/C22H19Cl2F2NO4/c1-4-9(2)16(22(30)31)17-10(3)27(15-8-14(25)20(28)19(26)18(15)17)21(29)11-5-6-12(23)13(24)7-11/h5-9,16,28H,4H2,1-3H3,(H,30,31)/t9?,16-/m0/s1. The van der Waals surface area contributed by atoms with Gasteiger partial charge in [-0.1, -0.05) is 43.5 Å². The molecule has 9 heteroatoms. The molecule has 0 amide bonds. The van der Waals surface area contributed by atoms with E-state index in [4.69, 9.17) is 23.2 Å². The van der Waals surface area contributed by atoms with Gasteiger partial charge in [0.2, 0.25) is 0 Å². The minimum atomic E-state index is -1.32. The van der Waals surface area contributed by atoms with Gasteiger partial charge >= 0.3 is 5.97 Å². The van der Waals surface area contributed by atoms with Crippen LogP contribution in [0.4, 0.5) is 8.78 Å². The molecular formula is C22H19Cl2F2NO4. The van der Waals surface area contributed by atoms with Gasteiger partial charge in [-0.25, -0.2) is 8.78 Å². The number of carboxylic acids is 1. The molecule has 2 atom stereocenters. The molecule has 3 rings (SSSR count). The van der Waals surface area contributed by atoms with Gasteiger partial charge in [-0.3, -0.25) is 14.2 Å². The van der Waals surface area contributed by atoms with Crippen LogP contribution in [0.15, 0.2) is 24.3 Å². The number of hydrogen-bond donors (Lipinski definition) is 2. The van der Waals surface area contributed by atoms with Gasteiger partial charge in [0.15, 0.2) is 17.4 Å². The number of nitrogens with zero attached hydrogens (tertiary/aromatic N) is 1. The Morgan fingerprint density at radius 1 is 1.16 bits per heavy atom. The van der Waals surface area contributed by atoms with Crippen molar-refractivity contribution in [1.82, 2.24) is 4.57 Å². The highest BCUT2D eigenvalue weighted by molar-refractivity contribution is 6.42. The van der Waals surface area contributed by atoms with Crippen LogP contribution in [-0.2, 0) is 4.79 Å². The third-order valence-corrected chi connectivity index (χ3v) is 6.31. The molecule has 1 heterocycles. The van der Waals surface area contributed by atoms with E-state index in [0.717, 1.165) is 10.6 Å². The van der Waals surface area contributed by atoms with E-state index in [2.05, 4.69) is 0 Å². The van der Waals surface area contributed by atoms with Gasteiger partial charge in [0.25, 0.3) is 5.91 Å². The maximum Gasteiger partial charge on any atom is 0.311 e. The number of phenols is 1. The topological polar surface area (TPSA) is 79.5 Å². The summed E-state index contributed by atoms with van der Waals surface area (Å²) in [6.07, 6.45) is 0.457. The van der Waals surface area contributed by atoms with Crippen molar-refractivity contribution in [3.63, 3.8) is 0 Å². The van der Waals surface area contributed by atoms with Crippen LogP contribution in [0.5, 0.6) is 5.75 Å². The van der Waals surface area contributed by atoms with Gasteiger partial charge < -0.3 is 10.2 Å². The minimum Gasteiger partial charge on any atom is -0.503 e. The minimum absolute atomic E-state index is 0.0121. The molecule has 0 fully saturated rings. The zero-order valence-electron chi connectivity index (χ0n) is 16.8. The number of fused-ring (bicyclic) bond motifs is 1. The van der Waals surface area contributed by atoms with Crippen LogP contribution in [0.3, 0.4) is 0 Å². The van der Waals surface area contributed by atoms with Crippen molar-refractivity contribution >= 4 is 46.0 Å². The van der Waals surface area contributed by atoms with Crippen LogP contribution in [0, 0.1) is 24.5 Å². The molecule has 2 N–H and O–H groups in total. The molecule has 0 saturated carbocycles. The molecule has 0 aliphatic carbocycles. The normalized spacial score (nSPS) is 13.4. The number of aromatic hydroxyl groups is 1. The van der Waals surface area contributed by atoms with E-state index >= 15 is 4.39 Å². The third kappa shape index (κ3) is 3.77. The monoisotopic (exact) mass is 469 g/mol. The lowest BCUT2D eigenvalue weighted by Gasteiger charge is -2.20.